The molecule has 1 aliphatic heterocycles. The maximum absolute atomic E-state index is 12.4. The summed E-state index contributed by atoms with van der Waals surface area (Å²) in [5.74, 6) is 0.501. The summed E-state index contributed by atoms with van der Waals surface area (Å²) in [6, 6.07) is 14.9. The average molecular weight is 707 g/mol. The summed E-state index contributed by atoms with van der Waals surface area (Å²) in [5.41, 5.74) is 1.69. The molecule has 51 heavy (non-hydrogen) atoms. The molecule has 3 aliphatic rings. The van der Waals surface area contributed by atoms with Crippen molar-refractivity contribution in [1.82, 2.24) is 0 Å². The van der Waals surface area contributed by atoms with E-state index < -0.39 is 0 Å². The molecule has 10 heteroatoms. The first-order valence-electron chi connectivity index (χ1n) is 18.8. The highest BCUT2D eigenvalue weighted by molar-refractivity contribution is 5.73. The number of ether oxygens (including phenoxy) is 5. The van der Waals surface area contributed by atoms with Crippen LogP contribution in [0.2, 0.25) is 0 Å². The number of aliphatic hydroxyl groups is 1. The van der Waals surface area contributed by atoms with E-state index in [9.17, 15) is 24.3 Å². The van der Waals surface area contributed by atoms with Gasteiger partial charge in [0, 0.05) is 31.1 Å². The van der Waals surface area contributed by atoms with Gasteiger partial charge < -0.3 is 28.8 Å². The summed E-state index contributed by atoms with van der Waals surface area (Å²) in [5, 5.41) is 9.60. The number of hydrogen-bond donors (Lipinski definition) is 1. The van der Waals surface area contributed by atoms with Gasteiger partial charge in [0.15, 0.2) is 0 Å². The van der Waals surface area contributed by atoms with E-state index in [0.717, 1.165) is 56.1 Å². The Hall–Kier alpha value is -3.76. The molecule has 0 radical (unpaired) electrons. The first kappa shape index (κ1) is 38.5. The van der Waals surface area contributed by atoms with E-state index >= 15 is 0 Å². The van der Waals surface area contributed by atoms with Crippen molar-refractivity contribution in [1.29, 1.82) is 0 Å². The lowest BCUT2D eigenvalue weighted by molar-refractivity contribution is -0.146. The van der Waals surface area contributed by atoms with Crippen LogP contribution in [0.4, 0.5) is 0 Å². The summed E-state index contributed by atoms with van der Waals surface area (Å²) < 4.78 is 27.4. The minimum Gasteiger partial charge on any atom is -0.465 e. The van der Waals surface area contributed by atoms with Crippen molar-refractivity contribution in [2.75, 3.05) is 13.2 Å². The Labute approximate surface area is 301 Å². The van der Waals surface area contributed by atoms with Crippen LogP contribution in [0.15, 0.2) is 48.5 Å². The van der Waals surface area contributed by atoms with Crippen molar-refractivity contribution in [3.05, 3.63) is 59.7 Å². The fraction of sp³-hybridized carbons (Fsp3) is 0.610. The minimum atomic E-state index is -0.363. The number of carbonyl (C=O) groups excluding carboxylic acids is 4. The number of fused-ring (bicyclic) bond motifs is 1. The second-order valence-electron chi connectivity index (χ2n) is 15.0. The topological polar surface area (TPSA) is 138 Å². The fourth-order valence-corrected chi connectivity index (χ4v) is 7.00. The van der Waals surface area contributed by atoms with Crippen LogP contribution in [0.3, 0.4) is 0 Å². The third kappa shape index (κ3) is 12.5. The van der Waals surface area contributed by atoms with E-state index in [1.54, 1.807) is 24.3 Å². The first-order chi connectivity index (χ1) is 24.5. The summed E-state index contributed by atoms with van der Waals surface area (Å²) >= 11 is 0. The highest BCUT2D eigenvalue weighted by Crippen LogP contribution is 2.39. The molecule has 3 atom stereocenters. The quantitative estimate of drug-likeness (QED) is 0.0736. The zero-order valence-electron chi connectivity index (χ0n) is 30.1. The molecular weight excluding hydrogens is 652 g/mol. The second kappa shape index (κ2) is 18.6. The molecule has 2 aliphatic carbocycles. The zero-order valence-corrected chi connectivity index (χ0v) is 30.1. The molecule has 3 unspecified atom stereocenters. The largest absolute Gasteiger partial charge is 0.465 e. The Balaban J connectivity index is 0.942. The maximum Gasteiger partial charge on any atom is 0.311 e. The van der Waals surface area contributed by atoms with Crippen molar-refractivity contribution in [2.45, 2.75) is 134 Å². The molecule has 1 N–H and O–H groups in total. The monoisotopic (exact) mass is 706 g/mol. The van der Waals surface area contributed by atoms with Gasteiger partial charge in [-0.1, -0.05) is 38.1 Å². The SMILES string of the molecule is CC(C)(c1ccc(OC(=O)CCCCC(=O)OCC2CCC(O)CC2)cc1)c1ccc(OC(=O)CCCCC(=O)OCC2CCC3OC3C2)cc1. The second-order valence-corrected chi connectivity index (χ2v) is 15.0. The van der Waals surface area contributed by atoms with Crippen LogP contribution >= 0.6 is 0 Å². The summed E-state index contributed by atoms with van der Waals surface area (Å²) in [6.45, 7) is 5.05. The third-order valence-corrected chi connectivity index (χ3v) is 10.5. The standard InChI is InChI=1S/C41H54O10/c1-41(2,30-14-20-33(21-15-30)49-39(45)9-5-3-7-37(43)47-26-28-11-18-32(42)19-12-28)31-16-22-34(23-17-31)50-40(46)10-6-4-8-38(44)48-27-29-13-24-35-36(25-29)51-35/h14-17,20-23,28-29,32,35-36,42H,3-13,18-19,24-27H2,1-2H3. The van der Waals surface area contributed by atoms with Crippen molar-refractivity contribution in [3.8, 4) is 11.5 Å². The number of aliphatic hydroxyl groups excluding tert-OH is 1. The number of unbranched alkanes of at least 4 members (excludes halogenated alkanes) is 2. The van der Waals surface area contributed by atoms with Crippen LogP contribution in [0.25, 0.3) is 0 Å². The van der Waals surface area contributed by atoms with Crippen molar-refractivity contribution >= 4 is 23.9 Å². The van der Waals surface area contributed by atoms with E-state index in [1.165, 1.54) is 0 Å². The molecule has 1 heterocycles. The Morgan fingerprint density at radius 1 is 0.608 bits per heavy atom. The Kier molecular flexibility index (Phi) is 14.1. The molecule has 0 bridgehead atoms. The van der Waals surface area contributed by atoms with Crippen LogP contribution in [-0.4, -0.2) is 60.5 Å². The highest BCUT2D eigenvalue weighted by atomic mass is 16.6. The van der Waals surface area contributed by atoms with E-state index in [4.69, 9.17) is 23.7 Å². The lowest BCUT2D eigenvalue weighted by Gasteiger charge is -2.26. The summed E-state index contributed by atoms with van der Waals surface area (Å²) in [6.07, 6.45) is 10.2. The molecular formula is C41H54O10. The van der Waals surface area contributed by atoms with Gasteiger partial charge in [0.1, 0.15) is 11.5 Å². The van der Waals surface area contributed by atoms with Gasteiger partial charge in [0.05, 0.1) is 31.5 Å². The fourth-order valence-electron chi connectivity index (χ4n) is 7.00. The van der Waals surface area contributed by atoms with Gasteiger partial charge >= 0.3 is 23.9 Å². The molecule has 0 aromatic heterocycles. The molecule has 2 aromatic carbocycles. The number of hydrogen-bond acceptors (Lipinski definition) is 10. The molecule has 2 saturated carbocycles. The molecule has 278 valence electrons. The predicted octanol–water partition coefficient (Wildman–Crippen LogP) is 7.15. The van der Waals surface area contributed by atoms with Crippen LogP contribution in [0.1, 0.15) is 121 Å². The number of benzene rings is 2. The smallest absolute Gasteiger partial charge is 0.311 e. The number of rotatable bonds is 18. The first-order valence-corrected chi connectivity index (χ1v) is 18.8. The lowest BCUT2D eigenvalue weighted by atomic mass is 9.78. The predicted molar refractivity (Wildman–Crippen MR) is 189 cm³/mol. The van der Waals surface area contributed by atoms with E-state index in [-0.39, 0.29) is 54.7 Å². The lowest BCUT2D eigenvalue weighted by Crippen LogP contribution is -2.22. The number of esters is 4. The Bertz CT molecular complexity index is 1440. The van der Waals surface area contributed by atoms with Gasteiger partial charge in [0.25, 0.3) is 0 Å². The van der Waals surface area contributed by atoms with Gasteiger partial charge in [-0.25, -0.2) is 0 Å². The number of epoxide rings is 1. The summed E-state index contributed by atoms with van der Waals surface area (Å²) in [7, 11) is 0. The molecule has 0 amide bonds. The van der Waals surface area contributed by atoms with Gasteiger partial charge in [-0.3, -0.25) is 19.2 Å². The van der Waals surface area contributed by atoms with Crippen molar-refractivity contribution in [3.63, 3.8) is 0 Å². The van der Waals surface area contributed by atoms with Gasteiger partial charge in [-0.15, -0.1) is 0 Å². The molecule has 3 fully saturated rings. The van der Waals surface area contributed by atoms with Crippen molar-refractivity contribution in [2.24, 2.45) is 11.8 Å². The Morgan fingerprint density at radius 2 is 1.04 bits per heavy atom. The molecule has 2 aromatic rings. The summed E-state index contributed by atoms with van der Waals surface area (Å²) in [4.78, 5) is 49.0. The van der Waals surface area contributed by atoms with Gasteiger partial charge in [-0.05, 0) is 118 Å². The van der Waals surface area contributed by atoms with Gasteiger partial charge in [0.2, 0.25) is 0 Å². The highest BCUT2D eigenvalue weighted by Gasteiger charge is 2.44. The minimum absolute atomic E-state index is 0.213. The normalized spacial score (nSPS) is 22.7. The molecule has 10 nitrogen and oxygen atoms in total. The van der Waals surface area contributed by atoms with E-state index in [0.29, 0.717) is 80.9 Å². The third-order valence-electron chi connectivity index (χ3n) is 10.5. The van der Waals surface area contributed by atoms with Crippen LogP contribution in [-0.2, 0) is 38.8 Å². The van der Waals surface area contributed by atoms with Crippen LogP contribution in [0.5, 0.6) is 11.5 Å². The van der Waals surface area contributed by atoms with Crippen LogP contribution < -0.4 is 9.47 Å². The molecule has 5 rings (SSSR count). The van der Waals surface area contributed by atoms with Crippen molar-refractivity contribution < 1.29 is 48.0 Å². The van der Waals surface area contributed by atoms with Gasteiger partial charge in [-0.2, -0.15) is 0 Å². The maximum atomic E-state index is 12.4. The van der Waals surface area contributed by atoms with Crippen LogP contribution in [0, 0.1) is 11.8 Å². The molecule has 0 spiro atoms. The zero-order chi connectivity index (χ0) is 36.2. The van der Waals surface area contributed by atoms with E-state index in [1.807, 2.05) is 24.3 Å². The Morgan fingerprint density at radius 3 is 1.51 bits per heavy atom. The van der Waals surface area contributed by atoms with E-state index in [2.05, 4.69) is 13.8 Å². The number of carbonyl (C=O) groups is 4. The molecule has 1 saturated heterocycles. The average Bonchev–Trinajstić information content (AvgIpc) is 3.90.